The quantitative estimate of drug-likeness (QED) is 0.246. The van der Waals surface area contributed by atoms with E-state index < -0.39 is 58.7 Å². The highest BCUT2D eigenvalue weighted by Crippen LogP contribution is 2.38. The minimum atomic E-state index is -1.56. The summed E-state index contributed by atoms with van der Waals surface area (Å²) >= 11 is -1.56. The molecule has 2 aliphatic rings. The Balaban J connectivity index is 2.21. The first kappa shape index (κ1) is 22.2. The Bertz CT molecular complexity index is 712. The molecular formula is C17H23NO9S. The van der Waals surface area contributed by atoms with Crippen molar-refractivity contribution >= 4 is 35.0 Å². The van der Waals surface area contributed by atoms with Crippen LogP contribution in [0, 0.1) is 0 Å². The number of ether oxygens (including phenoxy) is 4. The van der Waals surface area contributed by atoms with Crippen LogP contribution < -0.4 is 0 Å². The number of amides is 1. The Hall–Kier alpha value is -2.11. The fourth-order valence-electron chi connectivity index (χ4n) is 2.75. The van der Waals surface area contributed by atoms with Gasteiger partial charge in [0, 0.05) is 19.6 Å². The fourth-order valence-corrected chi connectivity index (χ4v) is 4.43. The van der Waals surface area contributed by atoms with Crippen LogP contribution in [-0.4, -0.2) is 76.4 Å². The lowest BCUT2D eigenvalue weighted by Gasteiger charge is -2.48. The topological polar surface area (TPSA) is 132 Å². The molecule has 2 aliphatic heterocycles. The number of β-lactam (4-membered cyclic amide) rings is 1. The van der Waals surface area contributed by atoms with Gasteiger partial charge in [0.2, 0.25) is 11.5 Å². The van der Waals surface area contributed by atoms with E-state index in [2.05, 4.69) is 0 Å². The minimum absolute atomic E-state index is 0.0988. The van der Waals surface area contributed by atoms with Crippen molar-refractivity contribution < 1.29 is 42.7 Å². The maximum Gasteiger partial charge on any atom is 0.356 e. The number of hydrogen-bond acceptors (Lipinski definition) is 9. The summed E-state index contributed by atoms with van der Waals surface area (Å²) in [5.41, 5.74) is -0.774. The summed E-state index contributed by atoms with van der Waals surface area (Å²) in [6.45, 7) is 5.18. The van der Waals surface area contributed by atoms with Crippen LogP contribution in [-0.2, 0) is 49.3 Å². The smallest absolute Gasteiger partial charge is 0.356 e. The van der Waals surface area contributed by atoms with E-state index in [1.807, 2.05) is 0 Å². The maximum absolute atomic E-state index is 12.6. The zero-order valence-electron chi connectivity index (χ0n) is 16.3. The minimum Gasteiger partial charge on any atom is -0.614 e. The van der Waals surface area contributed by atoms with Gasteiger partial charge < -0.3 is 23.5 Å². The van der Waals surface area contributed by atoms with E-state index in [-0.39, 0.29) is 23.6 Å². The summed E-state index contributed by atoms with van der Waals surface area (Å²) in [5.74, 6) is -3.00. The summed E-state index contributed by atoms with van der Waals surface area (Å²) in [6.07, 6.45) is -0.940. The highest BCUT2D eigenvalue weighted by Gasteiger charge is 2.61. The molecule has 0 radical (unpaired) electrons. The molecule has 10 nitrogen and oxygen atoms in total. The third kappa shape index (κ3) is 4.83. The van der Waals surface area contributed by atoms with Crippen LogP contribution in [0.3, 0.4) is 0 Å². The van der Waals surface area contributed by atoms with Crippen LogP contribution in [0.4, 0.5) is 0 Å². The lowest BCUT2D eigenvalue weighted by Crippen LogP contribution is -2.70. The monoisotopic (exact) mass is 417 g/mol. The molecule has 0 aromatic heterocycles. The van der Waals surface area contributed by atoms with E-state index in [4.69, 9.17) is 18.9 Å². The molecule has 28 heavy (non-hydrogen) atoms. The Morgan fingerprint density at radius 1 is 1.25 bits per heavy atom. The van der Waals surface area contributed by atoms with Gasteiger partial charge in [-0.2, -0.15) is 0 Å². The van der Waals surface area contributed by atoms with Crippen LogP contribution in [0.1, 0.15) is 27.7 Å². The summed E-state index contributed by atoms with van der Waals surface area (Å²) in [6, 6.07) is 0. The lowest BCUT2D eigenvalue weighted by molar-refractivity contribution is -0.169. The van der Waals surface area contributed by atoms with E-state index >= 15 is 0 Å². The third-order valence-electron chi connectivity index (χ3n) is 3.79. The predicted molar refractivity (Wildman–Crippen MR) is 94.9 cm³/mol. The van der Waals surface area contributed by atoms with Crippen LogP contribution in [0.5, 0.6) is 0 Å². The first-order valence-corrected chi connectivity index (χ1v) is 9.82. The summed E-state index contributed by atoms with van der Waals surface area (Å²) in [5, 5.41) is -0.845. The number of fused-ring (bicyclic) bond motifs is 1. The van der Waals surface area contributed by atoms with Crippen molar-refractivity contribution in [1.82, 2.24) is 4.90 Å². The molecule has 3 unspecified atom stereocenters. The Morgan fingerprint density at radius 3 is 2.43 bits per heavy atom. The standard InChI is InChI=1S/C17H23NO9S/c1-9(19)25-6-10-8-28(23)15-13(24-5)14(21)18(15)12(10)16(22)26-7-11(20)27-17(2,3)4/h13,15H,6-8H2,1-5H3. The largest absolute Gasteiger partial charge is 0.614 e. The summed E-state index contributed by atoms with van der Waals surface area (Å²) in [7, 11) is 1.30. The second-order valence-electron chi connectivity index (χ2n) is 7.18. The normalized spacial score (nSPS) is 24.3. The van der Waals surface area contributed by atoms with Gasteiger partial charge in [-0.3, -0.25) is 14.5 Å². The second-order valence-corrected chi connectivity index (χ2v) is 8.71. The van der Waals surface area contributed by atoms with Crippen molar-refractivity contribution in [1.29, 1.82) is 0 Å². The SMILES string of the molecule is COC1C(=O)N2C(C(=O)OCC(=O)OC(C)(C)C)=C(COC(C)=O)C[S+]([O-])C12. The average Bonchev–Trinajstić information content (AvgIpc) is 2.56. The molecule has 3 atom stereocenters. The molecule has 0 aliphatic carbocycles. The molecule has 1 fully saturated rings. The van der Waals surface area contributed by atoms with Gasteiger partial charge >= 0.3 is 17.9 Å². The number of carbonyl (C=O) groups excluding carboxylic acids is 4. The Morgan fingerprint density at radius 2 is 1.89 bits per heavy atom. The Kier molecular flexibility index (Phi) is 6.73. The summed E-state index contributed by atoms with van der Waals surface area (Å²) in [4.78, 5) is 48.8. The van der Waals surface area contributed by atoms with E-state index in [9.17, 15) is 23.7 Å². The zero-order chi connectivity index (χ0) is 21.2. The molecule has 0 saturated carbocycles. The van der Waals surface area contributed by atoms with Crippen LogP contribution in [0.2, 0.25) is 0 Å². The highest BCUT2D eigenvalue weighted by molar-refractivity contribution is 7.92. The van der Waals surface area contributed by atoms with Gasteiger partial charge in [-0.05, 0) is 31.9 Å². The molecule has 0 N–H and O–H groups in total. The van der Waals surface area contributed by atoms with E-state index in [0.29, 0.717) is 0 Å². The van der Waals surface area contributed by atoms with Crippen LogP contribution in [0.25, 0.3) is 0 Å². The molecule has 1 saturated heterocycles. The number of nitrogens with zero attached hydrogens (tertiary/aromatic N) is 1. The van der Waals surface area contributed by atoms with Gasteiger partial charge in [-0.15, -0.1) is 0 Å². The highest BCUT2D eigenvalue weighted by atomic mass is 32.2. The van der Waals surface area contributed by atoms with Crippen molar-refractivity contribution in [3.63, 3.8) is 0 Å². The summed E-state index contributed by atoms with van der Waals surface area (Å²) < 4.78 is 32.4. The molecule has 0 aromatic rings. The van der Waals surface area contributed by atoms with Crippen LogP contribution in [0.15, 0.2) is 11.3 Å². The van der Waals surface area contributed by atoms with E-state index in [1.165, 1.54) is 14.0 Å². The fraction of sp³-hybridized carbons (Fsp3) is 0.647. The molecule has 1 amide bonds. The number of carbonyl (C=O) groups is 4. The van der Waals surface area contributed by atoms with Gasteiger partial charge in [0.05, 0.1) is 0 Å². The van der Waals surface area contributed by atoms with E-state index in [0.717, 1.165) is 4.90 Å². The number of hydrogen-bond donors (Lipinski definition) is 0. The molecular weight excluding hydrogens is 394 g/mol. The molecule has 11 heteroatoms. The molecule has 0 aromatic carbocycles. The van der Waals surface area contributed by atoms with Gasteiger partial charge in [0.15, 0.2) is 6.61 Å². The first-order valence-electron chi connectivity index (χ1n) is 8.43. The first-order chi connectivity index (χ1) is 13.0. The molecule has 156 valence electrons. The third-order valence-corrected chi connectivity index (χ3v) is 5.42. The molecule has 0 spiro atoms. The van der Waals surface area contributed by atoms with Gasteiger partial charge in [-0.1, -0.05) is 0 Å². The Labute approximate surface area is 165 Å². The average molecular weight is 417 g/mol. The second kappa shape index (κ2) is 8.50. The number of esters is 3. The van der Waals surface area contributed by atoms with Crippen molar-refractivity contribution in [2.75, 3.05) is 26.1 Å². The van der Waals surface area contributed by atoms with Gasteiger partial charge in [0.25, 0.3) is 5.91 Å². The number of methoxy groups -OCH3 is 1. The van der Waals surface area contributed by atoms with Gasteiger partial charge in [-0.25, -0.2) is 9.59 Å². The molecule has 2 heterocycles. The molecule has 0 bridgehead atoms. The van der Waals surface area contributed by atoms with Crippen molar-refractivity contribution in [3.05, 3.63) is 11.3 Å². The van der Waals surface area contributed by atoms with Crippen molar-refractivity contribution in [3.8, 4) is 0 Å². The van der Waals surface area contributed by atoms with E-state index in [1.54, 1.807) is 20.8 Å². The zero-order valence-corrected chi connectivity index (χ0v) is 17.1. The van der Waals surface area contributed by atoms with Crippen molar-refractivity contribution in [2.24, 2.45) is 0 Å². The lowest BCUT2D eigenvalue weighted by atomic mass is 10.1. The van der Waals surface area contributed by atoms with Gasteiger partial charge in [0.1, 0.15) is 23.7 Å². The molecule has 2 rings (SSSR count). The maximum atomic E-state index is 12.6. The predicted octanol–water partition coefficient (Wildman–Crippen LogP) is -0.366. The van der Waals surface area contributed by atoms with Crippen LogP contribution >= 0.6 is 0 Å². The van der Waals surface area contributed by atoms with Crippen molar-refractivity contribution in [2.45, 2.75) is 44.8 Å². The number of rotatable bonds is 6.